The Bertz CT molecular complexity index is 493. The highest BCUT2D eigenvalue weighted by molar-refractivity contribution is 5.99. The number of halogens is 1. The fraction of sp³-hybridized carbons (Fsp3) is 0.385. The van der Waals surface area contributed by atoms with Crippen molar-refractivity contribution >= 4 is 17.7 Å². The molecule has 0 saturated carbocycles. The van der Waals surface area contributed by atoms with E-state index in [4.69, 9.17) is 9.84 Å². The van der Waals surface area contributed by atoms with Gasteiger partial charge in [-0.3, -0.25) is 0 Å². The fourth-order valence-electron chi connectivity index (χ4n) is 1.46. The summed E-state index contributed by atoms with van der Waals surface area (Å²) in [5.41, 5.74) is -0.247. The van der Waals surface area contributed by atoms with Crippen molar-refractivity contribution in [3.63, 3.8) is 0 Å². The van der Waals surface area contributed by atoms with Crippen molar-refractivity contribution in [3.8, 4) is 0 Å². The summed E-state index contributed by atoms with van der Waals surface area (Å²) in [6, 6.07) is 2.67. The molecule has 1 aromatic rings. The zero-order valence-corrected chi connectivity index (χ0v) is 11.4. The highest BCUT2D eigenvalue weighted by Crippen LogP contribution is 2.17. The minimum absolute atomic E-state index is 0.0483. The summed E-state index contributed by atoms with van der Waals surface area (Å²) in [5.74, 6) is -1.98. The first-order chi connectivity index (χ1) is 9.45. The minimum Gasteiger partial charge on any atom is -0.478 e. The number of urea groups is 1. The lowest BCUT2D eigenvalue weighted by molar-refractivity contribution is 0.0697. The number of hydrogen-bond acceptors (Lipinski definition) is 3. The molecule has 2 N–H and O–H groups in total. The SMILES string of the molecule is CCOCCN(C)C(=O)Nc1ccc(F)cc1C(=O)O. The number of hydrogen-bond donors (Lipinski definition) is 2. The summed E-state index contributed by atoms with van der Waals surface area (Å²) in [4.78, 5) is 24.2. The number of carbonyl (C=O) groups is 2. The predicted molar refractivity (Wildman–Crippen MR) is 71.5 cm³/mol. The zero-order valence-electron chi connectivity index (χ0n) is 11.4. The van der Waals surface area contributed by atoms with Crippen LogP contribution in [0.4, 0.5) is 14.9 Å². The zero-order chi connectivity index (χ0) is 15.1. The molecule has 20 heavy (non-hydrogen) atoms. The number of carboxylic acids is 1. The molecule has 0 fully saturated rings. The summed E-state index contributed by atoms with van der Waals surface area (Å²) in [7, 11) is 1.55. The van der Waals surface area contributed by atoms with Crippen LogP contribution in [0.15, 0.2) is 18.2 Å². The molecule has 0 heterocycles. The van der Waals surface area contributed by atoms with Gasteiger partial charge in [-0.05, 0) is 25.1 Å². The number of carbonyl (C=O) groups excluding carboxylic acids is 1. The minimum atomic E-state index is -1.31. The van der Waals surface area contributed by atoms with Crippen LogP contribution in [0.2, 0.25) is 0 Å². The number of nitrogens with one attached hydrogen (secondary N) is 1. The lowest BCUT2D eigenvalue weighted by atomic mass is 10.1. The fourth-order valence-corrected chi connectivity index (χ4v) is 1.46. The molecule has 7 heteroatoms. The Kier molecular flexibility index (Phi) is 5.92. The number of anilines is 1. The van der Waals surface area contributed by atoms with Gasteiger partial charge in [-0.25, -0.2) is 14.0 Å². The van der Waals surface area contributed by atoms with Crippen molar-refractivity contribution in [3.05, 3.63) is 29.6 Å². The Morgan fingerprint density at radius 2 is 2.15 bits per heavy atom. The standard InChI is InChI=1S/C13H17FN2O4/c1-3-20-7-6-16(2)13(19)15-11-5-4-9(14)8-10(11)12(17)18/h4-5,8H,3,6-7H2,1-2H3,(H,15,19)(H,17,18). The van der Waals surface area contributed by atoms with Gasteiger partial charge >= 0.3 is 12.0 Å². The van der Waals surface area contributed by atoms with Gasteiger partial charge in [0.1, 0.15) is 5.82 Å². The molecule has 0 aliphatic heterocycles. The molecular weight excluding hydrogens is 267 g/mol. The maximum atomic E-state index is 13.0. The van der Waals surface area contributed by atoms with Gasteiger partial charge < -0.3 is 20.1 Å². The van der Waals surface area contributed by atoms with Crippen molar-refractivity contribution in [2.75, 3.05) is 32.1 Å². The van der Waals surface area contributed by atoms with Crippen LogP contribution in [-0.4, -0.2) is 48.8 Å². The number of rotatable bonds is 6. The summed E-state index contributed by atoms with van der Waals surface area (Å²) in [6.45, 7) is 3.15. The van der Waals surface area contributed by atoms with E-state index in [1.165, 1.54) is 11.0 Å². The van der Waals surface area contributed by atoms with E-state index in [0.717, 1.165) is 12.1 Å². The van der Waals surface area contributed by atoms with Gasteiger partial charge in [0, 0.05) is 20.2 Å². The molecule has 0 atom stereocenters. The molecule has 6 nitrogen and oxygen atoms in total. The van der Waals surface area contributed by atoms with Crippen LogP contribution >= 0.6 is 0 Å². The molecule has 0 spiro atoms. The summed E-state index contributed by atoms with van der Waals surface area (Å²) in [5, 5.41) is 11.4. The topological polar surface area (TPSA) is 78.9 Å². The molecule has 0 aliphatic rings. The molecule has 110 valence electrons. The summed E-state index contributed by atoms with van der Waals surface area (Å²) < 4.78 is 18.1. The van der Waals surface area contributed by atoms with E-state index in [0.29, 0.717) is 19.8 Å². The predicted octanol–water partition coefficient (Wildman–Crippen LogP) is 2.02. The van der Waals surface area contributed by atoms with Crippen molar-refractivity contribution in [1.82, 2.24) is 4.90 Å². The van der Waals surface area contributed by atoms with E-state index >= 15 is 0 Å². The third-order valence-corrected chi connectivity index (χ3v) is 2.58. The molecular formula is C13H17FN2O4. The summed E-state index contributed by atoms with van der Waals surface area (Å²) in [6.07, 6.45) is 0. The molecule has 2 amide bonds. The number of carboxylic acid groups (broad SMARTS) is 1. The highest BCUT2D eigenvalue weighted by atomic mass is 19.1. The Morgan fingerprint density at radius 1 is 1.45 bits per heavy atom. The Morgan fingerprint density at radius 3 is 2.75 bits per heavy atom. The van der Waals surface area contributed by atoms with Crippen molar-refractivity contribution in [1.29, 1.82) is 0 Å². The van der Waals surface area contributed by atoms with Crippen LogP contribution in [0.25, 0.3) is 0 Å². The lowest BCUT2D eigenvalue weighted by Gasteiger charge is -2.18. The highest BCUT2D eigenvalue weighted by Gasteiger charge is 2.15. The number of ether oxygens (including phenoxy) is 1. The molecule has 0 unspecified atom stereocenters. The van der Waals surface area contributed by atoms with Crippen LogP contribution in [0.1, 0.15) is 17.3 Å². The molecule has 1 aromatic carbocycles. The van der Waals surface area contributed by atoms with Crippen LogP contribution in [-0.2, 0) is 4.74 Å². The average Bonchev–Trinajstić information content (AvgIpc) is 2.40. The van der Waals surface area contributed by atoms with Gasteiger partial charge in [0.2, 0.25) is 0 Å². The van der Waals surface area contributed by atoms with Gasteiger partial charge in [-0.1, -0.05) is 0 Å². The van der Waals surface area contributed by atoms with E-state index in [1.54, 1.807) is 7.05 Å². The van der Waals surface area contributed by atoms with Crippen molar-refractivity contribution in [2.45, 2.75) is 6.92 Å². The quantitative estimate of drug-likeness (QED) is 0.783. The largest absolute Gasteiger partial charge is 0.478 e. The van der Waals surface area contributed by atoms with E-state index in [9.17, 15) is 14.0 Å². The van der Waals surface area contributed by atoms with Crippen LogP contribution in [0, 0.1) is 5.82 Å². The van der Waals surface area contributed by atoms with Crippen molar-refractivity contribution < 1.29 is 23.8 Å². The van der Waals surface area contributed by atoms with Gasteiger partial charge in [-0.15, -0.1) is 0 Å². The molecule has 0 bridgehead atoms. The van der Waals surface area contributed by atoms with E-state index < -0.39 is 17.8 Å². The number of aromatic carboxylic acids is 1. The second-order valence-electron chi connectivity index (χ2n) is 4.04. The van der Waals surface area contributed by atoms with E-state index in [2.05, 4.69) is 5.32 Å². The second-order valence-corrected chi connectivity index (χ2v) is 4.04. The molecule has 0 saturated heterocycles. The van der Waals surface area contributed by atoms with Gasteiger partial charge in [-0.2, -0.15) is 0 Å². The number of benzene rings is 1. The van der Waals surface area contributed by atoms with Crippen molar-refractivity contribution in [2.24, 2.45) is 0 Å². The van der Waals surface area contributed by atoms with Crippen LogP contribution in [0.5, 0.6) is 0 Å². The number of nitrogens with zero attached hydrogens (tertiary/aromatic N) is 1. The summed E-state index contributed by atoms with van der Waals surface area (Å²) >= 11 is 0. The maximum absolute atomic E-state index is 13.0. The lowest BCUT2D eigenvalue weighted by Crippen LogP contribution is -2.34. The van der Waals surface area contributed by atoms with E-state index in [-0.39, 0.29) is 11.3 Å². The number of amides is 2. The third kappa shape index (κ3) is 4.51. The first-order valence-electron chi connectivity index (χ1n) is 6.08. The Hall–Kier alpha value is -2.15. The molecule has 0 radical (unpaired) electrons. The first-order valence-corrected chi connectivity index (χ1v) is 6.08. The third-order valence-electron chi connectivity index (χ3n) is 2.58. The normalized spacial score (nSPS) is 10.2. The smallest absolute Gasteiger partial charge is 0.337 e. The molecule has 0 aromatic heterocycles. The first kappa shape index (κ1) is 15.9. The second kappa shape index (κ2) is 7.44. The Labute approximate surface area is 116 Å². The van der Waals surface area contributed by atoms with Crippen LogP contribution in [0.3, 0.4) is 0 Å². The van der Waals surface area contributed by atoms with Gasteiger partial charge in [0.15, 0.2) is 0 Å². The molecule has 0 aliphatic carbocycles. The van der Waals surface area contributed by atoms with Crippen LogP contribution < -0.4 is 5.32 Å². The molecule has 1 rings (SSSR count). The monoisotopic (exact) mass is 284 g/mol. The number of likely N-dealkylation sites (N-methyl/N-ethyl adjacent to an activating group) is 1. The van der Waals surface area contributed by atoms with Gasteiger partial charge in [0.25, 0.3) is 0 Å². The average molecular weight is 284 g/mol. The van der Waals surface area contributed by atoms with E-state index in [1.807, 2.05) is 6.92 Å². The van der Waals surface area contributed by atoms with Gasteiger partial charge in [0.05, 0.1) is 17.9 Å². The Balaban J connectivity index is 2.72. The maximum Gasteiger partial charge on any atom is 0.337 e.